The van der Waals surface area contributed by atoms with E-state index in [-0.39, 0.29) is 0 Å². The van der Waals surface area contributed by atoms with Crippen molar-refractivity contribution in [3.8, 4) is 5.75 Å². The minimum Gasteiger partial charge on any atom is -0.493 e. The lowest BCUT2D eigenvalue weighted by atomic mass is 10.2. The minimum absolute atomic E-state index is 0.601. The fourth-order valence-electron chi connectivity index (χ4n) is 1.82. The molecule has 0 bridgehead atoms. The molecular formula is C12H17N3O2S. The van der Waals surface area contributed by atoms with E-state index in [1.54, 1.807) is 18.0 Å². The highest BCUT2D eigenvalue weighted by molar-refractivity contribution is 7.09. The molecule has 0 saturated carbocycles. The summed E-state index contributed by atoms with van der Waals surface area (Å²) in [4.78, 5) is 4.32. The van der Waals surface area contributed by atoms with E-state index in [9.17, 15) is 5.11 Å². The molecule has 2 aromatic heterocycles. The molecule has 0 aliphatic heterocycles. The molecule has 18 heavy (non-hydrogen) atoms. The second-order valence-electron chi connectivity index (χ2n) is 4.05. The van der Waals surface area contributed by atoms with Gasteiger partial charge in [0.1, 0.15) is 10.7 Å². The SMILES string of the molecule is CCCn1ncc(OC)c1C(O)c1nc(C)cs1. The molecule has 0 aromatic carbocycles. The number of rotatable bonds is 5. The molecule has 0 saturated heterocycles. The van der Waals surface area contributed by atoms with E-state index in [1.165, 1.54) is 11.3 Å². The van der Waals surface area contributed by atoms with Gasteiger partial charge in [0, 0.05) is 17.6 Å². The minimum atomic E-state index is -0.785. The van der Waals surface area contributed by atoms with Crippen LogP contribution in [-0.4, -0.2) is 27.0 Å². The first-order valence-electron chi connectivity index (χ1n) is 5.87. The van der Waals surface area contributed by atoms with Crippen molar-refractivity contribution in [2.75, 3.05) is 7.11 Å². The van der Waals surface area contributed by atoms with Crippen LogP contribution in [0.2, 0.25) is 0 Å². The van der Waals surface area contributed by atoms with E-state index in [2.05, 4.69) is 17.0 Å². The molecule has 0 amide bonds. The van der Waals surface area contributed by atoms with E-state index in [0.717, 1.165) is 18.7 Å². The fraction of sp³-hybridized carbons (Fsp3) is 0.500. The van der Waals surface area contributed by atoms with E-state index in [1.807, 2.05) is 12.3 Å². The number of hydrogen-bond acceptors (Lipinski definition) is 5. The van der Waals surface area contributed by atoms with Gasteiger partial charge in [-0.1, -0.05) is 6.92 Å². The number of aromatic nitrogens is 3. The van der Waals surface area contributed by atoms with Gasteiger partial charge in [0.2, 0.25) is 0 Å². The first-order valence-corrected chi connectivity index (χ1v) is 6.75. The first-order chi connectivity index (χ1) is 8.67. The molecule has 5 nitrogen and oxygen atoms in total. The van der Waals surface area contributed by atoms with E-state index in [0.29, 0.717) is 16.5 Å². The van der Waals surface area contributed by atoms with Crippen LogP contribution in [-0.2, 0) is 6.54 Å². The Morgan fingerprint density at radius 2 is 2.33 bits per heavy atom. The lowest BCUT2D eigenvalue weighted by Crippen LogP contribution is -2.11. The highest BCUT2D eigenvalue weighted by atomic mass is 32.1. The van der Waals surface area contributed by atoms with Crippen molar-refractivity contribution in [3.63, 3.8) is 0 Å². The van der Waals surface area contributed by atoms with E-state index < -0.39 is 6.10 Å². The van der Waals surface area contributed by atoms with Crippen LogP contribution in [0.15, 0.2) is 11.6 Å². The predicted molar refractivity (Wildman–Crippen MR) is 70.0 cm³/mol. The van der Waals surface area contributed by atoms with Gasteiger partial charge in [-0.25, -0.2) is 4.98 Å². The summed E-state index contributed by atoms with van der Waals surface area (Å²) < 4.78 is 7.03. The third-order valence-corrected chi connectivity index (χ3v) is 3.64. The third kappa shape index (κ3) is 2.39. The second kappa shape index (κ2) is 5.49. The van der Waals surface area contributed by atoms with Crippen LogP contribution < -0.4 is 4.74 Å². The Morgan fingerprint density at radius 1 is 1.56 bits per heavy atom. The maximum atomic E-state index is 10.4. The van der Waals surface area contributed by atoms with Crippen molar-refractivity contribution in [1.29, 1.82) is 0 Å². The van der Waals surface area contributed by atoms with Gasteiger partial charge in [-0.3, -0.25) is 4.68 Å². The quantitative estimate of drug-likeness (QED) is 0.901. The standard InChI is InChI=1S/C12H17N3O2S/c1-4-5-15-10(9(17-3)6-13-15)11(16)12-14-8(2)7-18-12/h6-7,11,16H,4-5H2,1-3H3. The number of ether oxygens (including phenoxy) is 1. The summed E-state index contributed by atoms with van der Waals surface area (Å²) in [7, 11) is 1.58. The zero-order chi connectivity index (χ0) is 13.1. The van der Waals surface area contributed by atoms with Gasteiger partial charge in [-0.15, -0.1) is 11.3 Å². The van der Waals surface area contributed by atoms with Gasteiger partial charge in [0.25, 0.3) is 0 Å². The Kier molecular flexibility index (Phi) is 3.98. The van der Waals surface area contributed by atoms with Crippen LogP contribution in [0.4, 0.5) is 0 Å². The first kappa shape index (κ1) is 13.0. The summed E-state index contributed by atoms with van der Waals surface area (Å²) in [6.45, 7) is 4.73. The Balaban J connectivity index is 2.38. The molecule has 98 valence electrons. The van der Waals surface area contributed by atoms with Crippen molar-refractivity contribution in [2.24, 2.45) is 0 Å². The van der Waals surface area contributed by atoms with Gasteiger partial charge in [0.05, 0.1) is 13.3 Å². The number of methoxy groups -OCH3 is 1. The predicted octanol–water partition coefficient (Wildman–Crippen LogP) is 2.15. The van der Waals surface area contributed by atoms with Crippen molar-refractivity contribution >= 4 is 11.3 Å². The third-order valence-electron chi connectivity index (χ3n) is 2.63. The average molecular weight is 267 g/mol. The van der Waals surface area contributed by atoms with Crippen LogP contribution in [0, 0.1) is 6.92 Å². The van der Waals surface area contributed by atoms with Gasteiger partial charge >= 0.3 is 0 Å². The largest absolute Gasteiger partial charge is 0.493 e. The Hall–Kier alpha value is -1.40. The van der Waals surface area contributed by atoms with Crippen LogP contribution in [0.25, 0.3) is 0 Å². The zero-order valence-electron chi connectivity index (χ0n) is 10.8. The number of aryl methyl sites for hydroxylation is 2. The van der Waals surface area contributed by atoms with Gasteiger partial charge < -0.3 is 9.84 Å². The topological polar surface area (TPSA) is 60.2 Å². The molecule has 2 rings (SSSR count). The summed E-state index contributed by atoms with van der Waals surface area (Å²) in [5, 5.41) is 17.3. The molecule has 6 heteroatoms. The van der Waals surface area contributed by atoms with Crippen LogP contribution >= 0.6 is 11.3 Å². The van der Waals surface area contributed by atoms with Crippen molar-refractivity contribution in [1.82, 2.24) is 14.8 Å². The van der Waals surface area contributed by atoms with Crippen molar-refractivity contribution in [3.05, 3.63) is 28.0 Å². The molecular weight excluding hydrogens is 250 g/mol. The number of nitrogens with zero attached hydrogens (tertiary/aromatic N) is 3. The van der Waals surface area contributed by atoms with E-state index in [4.69, 9.17) is 4.74 Å². The molecule has 2 heterocycles. The average Bonchev–Trinajstić information content (AvgIpc) is 2.95. The highest BCUT2D eigenvalue weighted by Gasteiger charge is 2.23. The normalized spacial score (nSPS) is 12.7. The number of aliphatic hydroxyl groups excluding tert-OH is 1. The lowest BCUT2D eigenvalue weighted by Gasteiger charge is -2.12. The maximum Gasteiger partial charge on any atom is 0.163 e. The molecule has 1 unspecified atom stereocenters. The molecule has 0 aliphatic rings. The summed E-state index contributed by atoms with van der Waals surface area (Å²) in [6.07, 6.45) is 1.79. The number of hydrogen-bond donors (Lipinski definition) is 1. The monoisotopic (exact) mass is 267 g/mol. The van der Waals surface area contributed by atoms with Crippen LogP contribution in [0.3, 0.4) is 0 Å². The molecule has 1 N–H and O–H groups in total. The Bertz CT molecular complexity index is 521. The zero-order valence-corrected chi connectivity index (χ0v) is 11.6. The molecule has 0 aliphatic carbocycles. The van der Waals surface area contributed by atoms with E-state index >= 15 is 0 Å². The maximum absolute atomic E-state index is 10.4. The Morgan fingerprint density at radius 3 is 2.89 bits per heavy atom. The lowest BCUT2D eigenvalue weighted by molar-refractivity contribution is 0.201. The number of thiazole rings is 1. The summed E-state index contributed by atoms with van der Waals surface area (Å²) in [5.74, 6) is 0.601. The van der Waals surface area contributed by atoms with Gasteiger partial charge in [-0.2, -0.15) is 5.10 Å². The molecule has 1 atom stereocenters. The van der Waals surface area contributed by atoms with Crippen LogP contribution in [0.5, 0.6) is 5.75 Å². The van der Waals surface area contributed by atoms with Gasteiger partial charge in [-0.05, 0) is 13.3 Å². The second-order valence-corrected chi connectivity index (χ2v) is 4.94. The Labute approximate surface area is 110 Å². The summed E-state index contributed by atoms with van der Waals surface area (Å²) in [5.41, 5.74) is 1.59. The smallest absolute Gasteiger partial charge is 0.163 e. The molecule has 2 aromatic rings. The summed E-state index contributed by atoms with van der Waals surface area (Å²) in [6, 6.07) is 0. The van der Waals surface area contributed by atoms with Gasteiger partial charge in [0.15, 0.2) is 11.9 Å². The molecule has 0 radical (unpaired) electrons. The van der Waals surface area contributed by atoms with Crippen molar-refractivity contribution < 1.29 is 9.84 Å². The highest BCUT2D eigenvalue weighted by Crippen LogP contribution is 2.31. The number of aliphatic hydroxyl groups is 1. The van der Waals surface area contributed by atoms with Crippen molar-refractivity contribution in [2.45, 2.75) is 32.9 Å². The van der Waals surface area contributed by atoms with Crippen LogP contribution in [0.1, 0.15) is 35.8 Å². The molecule has 0 spiro atoms. The molecule has 0 fully saturated rings. The summed E-state index contributed by atoms with van der Waals surface area (Å²) >= 11 is 1.44. The fourth-order valence-corrected chi connectivity index (χ4v) is 2.60.